The zero-order valence-electron chi connectivity index (χ0n) is 10.7. The van der Waals surface area contributed by atoms with E-state index in [1.54, 1.807) is 0 Å². The van der Waals surface area contributed by atoms with Gasteiger partial charge in [-0.15, -0.1) is 0 Å². The molecule has 0 spiro atoms. The van der Waals surface area contributed by atoms with Gasteiger partial charge in [0.25, 0.3) is 0 Å². The van der Waals surface area contributed by atoms with Crippen molar-refractivity contribution in [2.24, 2.45) is 0 Å². The minimum Gasteiger partial charge on any atom is -0.393 e. The van der Waals surface area contributed by atoms with Crippen molar-refractivity contribution in [2.75, 3.05) is 25.0 Å². The average Bonchev–Trinajstić information content (AvgIpc) is 2.33. The van der Waals surface area contributed by atoms with Gasteiger partial charge in [-0.05, 0) is 50.1 Å². The number of benzene rings is 1. The summed E-state index contributed by atoms with van der Waals surface area (Å²) in [6.07, 6.45) is 1.67. The highest BCUT2D eigenvalue weighted by Crippen LogP contribution is 2.22. The monoisotopic (exact) mass is 234 g/mol. The normalized spacial score (nSPS) is 17.5. The summed E-state index contributed by atoms with van der Waals surface area (Å²) >= 11 is 0. The fourth-order valence-electron chi connectivity index (χ4n) is 2.39. The van der Waals surface area contributed by atoms with E-state index in [2.05, 4.69) is 35.3 Å². The van der Waals surface area contributed by atoms with Crippen LogP contribution in [0.2, 0.25) is 0 Å². The van der Waals surface area contributed by atoms with Crippen LogP contribution in [-0.4, -0.2) is 31.3 Å². The fraction of sp³-hybridized carbons (Fsp3) is 0.571. The minimum atomic E-state index is -0.101. The topological polar surface area (TPSA) is 35.5 Å². The molecular formula is C14H22N2O. The highest BCUT2D eigenvalue weighted by atomic mass is 16.3. The Morgan fingerprint density at radius 1 is 1.35 bits per heavy atom. The van der Waals surface area contributed by atoms with Crippen molar-refractivity contribution < 1.29 is 5.11 Å². The van der Waals surface area contributed by atoms with Crippen LogP contribution in [0, 0.1) is 6.92 Å². The lowest BCUT2D eigenvalue weighted by Gasteiger charge is -2.31. The molecule has 1 aliphatic heterocycles. The van der Waals surface area contributed by atoms with Crippen LogP contribution in [-0.2, 0) is 6.54 Å². The van der Waals surface area contributed by atoms with Crippen molar-refractivity contribution in [3.05, 3.63) is 29.3 Å². The van der Waals surface area contributed by atoms with Gasteiger partial charge in [0.2, 0.25) is 0 Å². The second-order valence-corrected chi connectivity index (χ2v) is 4.86. The summed E-state index contributed by atoms with van der Waals surface area (Å²) in [5.41, 5.74) is 3.98. The number of hydrogen-bond donors (Lipinski definition) is 2. The van der Waals surface area contributed by atoms with Crippen LogP contribution < -0.4 is 10.2 Å². The van der Waals surface area contributed by atoms with Crippen molar-refractivity contribution in [1.29, 1.82) is 0 Å². The van der Waals surface area contributed by atoms with Gasteiger partial charge in [0.05, 0.1) is 6.10 Å². The summed E-state index contributed by atoms with van der Waals surface area (Å²) in [5.74, 6) is 0. The lowest BCUT2D eigenvalue weighted by atomic mass is 10.0. The Morgan fingerprint density at radius 3 is 2.65 bits per heavy atom. The molecule has 17 heavy (non-hydrogen) atoms. The van der Waals surface area contributed by atoms with E-state index in [9.17, 15) is 5.11 Å². The molecule has 1 saturated heterocycles. The minimum absolute atomic E-state index is 0.101. The second-order valence-electron chi connectivity index (χ2n) is 4.86. The zero-order chi connectivity index (χ0) is 12.3. The summed E-state index contributed by atoms with van der Waals surface area (Å²) in [7, 11) is 1.97. The Balaban J connectivity index is 2.09. The number of hydrogen-bond acceptors (Lipinski definition) is 3. The summed E-state index contributed by atoms with van der Waals surface area (Å²) in [6.45, 7) is 5.01. The number of aliphatic hydroxyl groups is 1. The van der Waals surface area contributed by atoms with Gasteiger partial charge in [-0.1, -0.05) is 6.07 Å². The lowest BCUT2D eigenvalue weighted by molar-refractivity contribution is 0.145. The predicted octanol–water partition coefficient (Wildman–Crippen LogP) is 1.68. The summed E-state index contributed by atoms with van der Waals surface area (Å²) in [4.78, 5) is 2.36. The smallest absolute Gasteiger partial charge is 0.0574 e. The van der Waals surface area contributed by atoms with Crippen LogP contribution in [0.3, 0.4) is 0 Å². The molecule has 0 atom stereocenters. The molecule has 1 aromatic rings. The molecule has 0 unspecified atom stereocenters. The van der Waals surface area contributed by atoms with Crippen LogP contribution in [0.4, 0.5) is 5.69 Å². The van der Waals surface area contributed by atoms with E-state index < -0.39 is 0 Å². The lowest BCUT2D eigenvalue weighted by Crippen LogP contribution is -2.35. The second kappa shape index (κ2) is 5.52. The standard InChI is InChI=1S/C14H22N2O/c1-11-9-13(4-3-12(11)10-15-2)16-7-5-14(17)6-8-16/h3-4,9,14-15,17H,5-8,10H2,1-2H3. The molecule has 0 radical (unpaired) electrons. The number of rotatable bonds is 3. The van der Waals surface area contributed by atoms with Crippen LogP contribution in [0.1, 0.15) is 24.0 Å². The van der Waals surface area contributed by atoms with E-state index >= 15 is 0 Å². The number of anilines is 1. The van der Waals surface area contributed by atoms with Gasteiger partial charge >= 0.3 is 0 Å². The van der Waals surface area contributed by atoms with Gasteiger partial charge in [-0.2, -0.15) is 0 Å². The zero-order valence-corrected chi connectivity index (χ0v) is 10.7. The largest absolute Gasteiger partial charge is 0.393 e. The van der Waals surface area contributed by atoms with Crippen LogP contribution >= 0.6 is 0 Å². The highest BCUT2D eigenvalue weighted by Gasteiger charge is 2.17. The van der Waals surface area contributed by atoms with Gasteiger partial charge < -0.3 is 15.3 Å². The maximum atomic E-state index is 9.51. The SMILES string of the molecule is CNCc1ccc(N2CCC(O)CC2)cc1C. The van der Waals surface area contributed by atoms with E-state index in [0.29, 0.717) is 0 Å². The van der Waals surface area contributed by atoms with E-state index in [1.807, 2.05) is 7.05 Å². The number of nitrogens with one attached hydrogen (secondary N) is 1. The van der Waals surface area contributed by atoms with Crippen LogP contribution in [0.25, 0.3) is 0 Å². The number of aryl methyl sites for hydroxylation is 1. The molecule has 3 nitrogen and oxygen atoms in total. The molecule has 2 rings (SSSR count). The Labute approximate surface area is 103 Å². The first kappa shape index (κ1) is 12.4. The summed E-state index contributed by atoms with van der Waals surface area (Å²) < 4.78 is 0. The molecule has 1 heterocycles. The molecule has 0 bridgehead atoms. The van der Waals surface area contributed by atoms with Gasteiger partial charge in [0.15, 0.2) is 0 Å². The van der Waals surface area contributed by atoms with E-state index in [1.165, 1.54) is 16.8 Å². The highest BCUT2D eigenvalue weighted by molar-refractivity contribution is 5.51. The molecule has 1 aromatic carbocycles. The Bertz CT molecular complexity index is 370. The van der Waals surface area contributed by atoms with Gasteiger partial charge in [0, 0.05) is 25.3 Å². The third-order valence-electron chi connectivity index (χ3n) is 3.52. The Morgan fingerprint density at radius 2 is 2.06 bits per heavy atom. The first-order valence-corrected chi connectivity index (χ1v) is 6.38. The first-order valence-electron chi connectivity index (χ1n) is 6.38. The van der Waals surface area contributed by atoms with Crippen molar-refractivity contribution in [2.45, 2.75) is 32.4 Å². The van der Waals surface area contributed by atoms with Crippen molar-refractivity contribution in [1.82, 2.24) is 5.32 Å². The Hall–Kier alpha value is -1.06. The molecule has 3 heteroatoms. The molecule has 94 valence electrons. The molecule has 0 saturated carbocycles. The maximum Gasteiger partial charge on any atom is 0.0574 e. The molecule has 1 aliphatic rings. The van der Waals surface area contributed by atoms with Crippen molar-refractivity contribution in [3.63, 3.8) is 0 Å². The van der Waals surface area contributed by atoms with Gasteiger partial charge in [0.1, 0.15) is 0 Å². The summed E-state index contributed by atoms with van der Waals surface area (Å²) in [5, 5.41) is 12.7. The number of piperidine rings is 1. The van der Waals surface area contributed by atoms with Crippen LogP contribution in [0.15, 0.2) is 18.2 Å². The van der Waals surface area contributed by atoms with E-state index in [4.69, 9.17) is 0 Å². The van der Waals surface area contributed by atoms with E-state index in [-0.39, 0.29) is 6.10 Å². The van der Waals surface area contributed by atoms with Crippen LogP contribution in [0.5, 0.6) is 0 Å². The van der Waals surface area contributed by atoms with Gasteiger partial charge in [-0.25, -0.2) is 0 Å². The van der Waals surface area contributed by atoms with E-state index in [0.717, 1.165) is 32.5 Å². The van der Waals surface area contributed by atoms with Gasteiger partial charge in [-0.3, -0.25) is 0 Å². The number of nitrogens with zero attached hydrogens (tertiary/aromatic N) is 1. The third-order valence-corrected chi connectivity index (χ3v) is 3.52. The Kier molecular flexibility index (Phi) is 4.02. The quantitative estimate of drug-likeness (QED) is 0.835. The third kappa shape index (κ3) is 2.99. The number of aliphatic hydroxyl groups excluding tert-OH is 1. The molecule has 2 N–H and O–H groups in total. The molecule has 0 aromatic heterocycles. The molecular weight excluding hydrogens is 212 g/mol. The molecule has 0 aliphatic carbocycles. The van der Waals surface area contributed by atoms with Crippen molar-refractivity contribution >= 4 is 5.69 Å². The first-order chi connectivity index (χ1) is 8.20. The predicted molar refractivity (Wildman–Crippen MR) is 71.4 cm³/mol. The molecule has 1 fully saturated rings. The molecule has 0 amide bonds. The fourth-order valence-corrected chi connectivity index (χ4v) is 2.39. The average molecular weight is 234 g/mol. The summed E-state index contributed by atoms with van der Waals surface area (Å²) in [6, 6.07) is 6.65. The van der Waals surface area contributed by atoms with Crippen molar-refractivity contribution in [3.8, 4) is 0 Å². The maximum absolute atomic E-state index is 9.51.